The summed E-state index contributed by atoms with van der Waals surface area (Å²) in [6.45, 7) is 2.78. The van der Waals surface area contributed by atoms with E-state index in [1.807, 2.05) is 43.3 Å². The Labute approximate surface area is 208 Å². The molecular weight excluding hydrogens is 462 g/mol. The van der Waals surface area contributed by atoms with Gasteiger partial charge in [-0.15, -0.1) is 5.10 Å². The number of carbonyl (C=O) groups is 2. The van der Waals surface area contributed by atoms with Gasteiger partial charge in [0.2, 0.25) is 11.8 Å². The zero-order valence-corrected chi connectivity index (χ0v) is 20.3. The zero-order valence-electron chi connectivity index (χ0n) is 20.3. The molecule has 1 atom stereocenters. The summed E-state index contributed by atoms with van der Waals surface area (Å²) in [4.78, 5) is 28.9. The van der Waals surface area contributed by atoms with E-state index in [1.54, 1.807) is 37.6 Å². The average Bonchev–Trinajstić information content (AvgIpc) is 3.56. The topological polar surface area (TPSA) is 112 Å². The smallest absolute Gasteiger partial charge is 0.247 e. The van der Waals surface area contributed by atoms with Crippen LogP contribution in [0.1, 0.15) is 24.3 Å². The number of nitrogens with one attached hydrogen (secondary N) is 1. The summed E-state index contributed by atoms with van der Waals surface area (Å²) in [5.41, 5.74) is 1.98. The molecule has 0 radical (unpaired) electrons. The first kappa shape index (κ1) is 24.9. The first-order valence-electron chi connectivity index (χ1n) is 11.7. The van der Waals surface area contributed by atoms with Gasteiger partial charge in [0.1, 0.15) is 29.6 Å². The molecule has 0 aliphatic heterocycles. The number of carbonyl (C=O) groups excluding carboxylic acids is 2. The maximum absolute atomic E-state index is 13.7. The second-order valence-corrected chi connectivity index (χ2v) is 7.99. The van der Waals surface area contributed by atoms with Crippen molar-refractivity contribution in [3.05, 3.63) is 78.3 Å². The molecule has 2 aromatic carbocycles. The SMILES string of the molecule is CCOc1ccccc1[C@H](C(=O)NCc1ccco1)N(CCOC)C(=O)Cn1nnc2ccccc21. The molecule has 0 fully saturated rings. The number of fused-ring (bicyclic) bond motifs is 1. The summed E-state index contributed by atoms with van der Waals surface area (Å²) >= 11 is 0. The fraction of sp³-hybridized carbons (Fsp3) is 0.308. The van der Waals surface area contributed by atoms with Crippen LogP contribution in [-0.4, -0.2) is 58.6 Å². The number of furan rings is 1. The highest BCUT2D eigenvalue weighted by Crippen LogP contribution is 2.30. The normalized spacial score (nSPS) is 11.8. The highest BCUT2D eigenvalue weighted by atomic mass is 16.5. The van der Waals surface area contributed by atoms with Gasteiger partial charge in [0.15, 0.2) is 0 Å². The van der Waals surface area contributed by atoms with Crippen LogP contribution in [0.25, 0.3) is 11.0 Å². The summed E-state index contributed by atoms with van der Waals surface area (Å²) in [5, 5.41) is 11.2. The van der Waals surface area contributed by atoms with Crippen LogP contribution >= 0.6 is 0 Å². The largest absolute Gasteiger partial charge is 0.494 e. The lowest BCUT2D eigenvalue weighted by Crippen LogP contribution is -2.46. The van der Waals surface area contributed by atoms with Gasteiger partial charge in [0, 0.05) is 19.2 Å². The third-order valence-corrected chi connectivity index (χ3v) is 5.65. The van der Waals surface area contributed by atoms with E-state index < -0.39 is 6.04 Å². The summed E-state index contributed by atoms with van der Waals surface area (Å²) in [7, 11) is 1.55. The molecule has 0 bridgehead atoms. The zero-order chi connectivity index (χ0) is 25.3. The van der Waals surface area contributed by atoms with Crippen molar-refractivity contribution in [1.29, 1.82) is 0 Å². The van der Waals surface area contributed by atoms with E-state index in [2.05, 4.69) is 15.6 Å². The number of hydrogen-bond donors (Lipinski definition) is 1. The van der Waals surface area contributed by atoms with Gasteiger partial charge in [-0.1, -0.05) is 35.5 Å². The Morgan fingerprint density at radius 2 is 1.92 bits per heavy atom. The minimum atomic E-state index is -0.972. The molecule has 10 heteroatoms. The van der Waals surface area contributed by atoms with E-state index in [4.69, 9.17) is 13.9 Å². The van der Waals surface area contributed by atoms with Gasteiger partial charge < -0.3 is 24.1 Å². The molecule has 2 amide bonds. The Balaban J connectivity index is 1.69. The van der Waals surface area contributed by atoms with Crippen molar-refractivity contribution in [3.8, 4) is 5.75 Å². The molecule has 0 aliphatic rings. The van der Waals surface area contributed by atoms with Crippen LogP contribution in [0.2, 0.25) is 0 Å². The number of hydrogen-bond acceptors (Lipinski definition) is 7. The first-order chi connectivity index (χ1) is 17.6. The maximum atomic E-state index is 13.7. The van der Waals surface area contributed by atoms with Crippen LogP contribution in [0, 0.1) is 0 Å². The van der Waals surface area contributed by atoms with Gasteiger partial charge in [-0.25, -0.2) is 4.68 Å². The Hall–Kier alpha value is -4.18. The molecule has 0 aliphatic carbocycles. The highest BCUT2D eigenvalue weighted by molar-refractivity contribution is 5.89. The molecule has 4 rings (SSSR count). The number of benzene rings is 2. The Kier molecular flexibility index (Phi) is 8.30. The number of amides is 2. The van der Waals surface area contributed by atoms with Crippen LogP contribution in [0.3, 0.4) is 0 Å². The van der Waals surface area contributed by atoms with Crippen molar-refractivity contribution in [2.24, 2.45) is 0 Å². The van der Waals surface area contributed by atoms with E-state index in [9.17, 15) is 9.59 Å². The molecular formula is C26H29N5O5. The van der Waals surface area contributed by atoms with Crippen LogP contribution in [0.5, 0.6) is 5.75 Å². The Morgan fingerprint density at radius 3 is 2.69 bits per heavy atom. The van der Waals surface area contributed by atoms with Crippen molar-refractivity contribution in [2.75, 3.05) is 26.9 Å². The van der Waals surface area contributed by atoms with Crippen LogP contribution in [-0.2, 0) is 27.4 Å². The van der Waals surface area contributed by atoms with Crippen LogP contribution in [0.15, 0.2) is 71.3 Å². The number of para-hydroxylation sites is 2. The van der Waals surface area contributed by atoms with Gasteiger partial charge >= 0.3 is 0 Å². The Morgan fingerprint density at radius 1 is 1.11 bits per heavy atom. The summed E-state index contributed by atoms with van der Waals surface area (Å²) in [6, 6.07) is 17.2. The molecule has 0 spiro atoms. The van der Waals surface area contributed by atoms with Crippen molar-refractivity contribution in [3.63, 3.8) is 0 Å². The van der Waals surface area contributed by atoms with Crippen LogP contribution in [0.4, 0.5) is 0 Å². The van der Waals surface area contributed by atoms with E-state index >= 15 is 0 Å². The number of aromatic nitrogens is 3. The maximum Gasteiger partial charge on any atom is 0.247 e. The van der Waals surface area contributed by atoms with Gasteiger partial charge in [0.25, 0.3) is 0 Å². The number of rotatable bonds is 12. The molecule has 36 heavy (non-hydrogen) atoms. The number of nitrogens with zero attached hydrogens (tertiary/aromatic N) is 4. The molecule has 0 saturated carbocycles. The molecule has 2 aromatic heterocycles. The molecule has 2 heterocycles. The third-order valence-electron chi connectivity index (χ3n) is 5.65. The predicted molar refractivity (Wildman–Crippen MR) is 132 cm³/mol. The molecule has 10 nitrogen and oxygen atoms in total. The minimum Gasteiger partial charge on any atom is -0.494 e. The third kappa shape index (κ3) is 5.72. The van der Waals surface area contributed by atoms with Gasteiger partial charge in [-0.2, -0.15) is 0 Å². The lowest BCUT2D eigenvalue weighted by atomic mass is 10.0. The predicted octanol–water partition coefficient (Wildman–Crippen LogP) is 2.96. The van der Waals surface area contributed by atoms with Crippen LogP contribution < -0.4 is 10.1 Å². The van der Waals surface area contributed by atoms with E-state index in [1.165, 1.54) is 9.58 Å². The average molecular weight is 492 g/mol. The molecule has 0 saturated heterocycles. The van der Waals surface area contributed by atoms with Gasteiger partial charge in [0.05, 0.1) is 31.5 Å². The molecule has 0 unspecified atom stereocenters. The van der Waals surface area contributed by atoms with Crippen molar-refractivity contribution >= 4 is 22.8 Å². The standard InChI is InChI=1S/C26H29N5O5/c1-3-35-23-13-7-4-10-20(23)25(26(33)27-17-19-9-8-15-36-19)30(14-16-34-2)24(32)18-31-22-12-6-5-11-21(22)28-29-31/h4-13,15,25H,3,14,16-18H2,1-2H3,(H,27,33)/t25-/m1/s1. The van der Waals surface area contributed by atoms with Crippen molar-refractivity contribution in [2.45, 2.75) is 26.1 Å². The van der Waals surface area contributed by atoms with E-state index in [-0.39, 0.29) is 38.1 Å². The fourth-order valence-electron chi connectivity index (χ4n) is 3.97. The molecule has 188 valence electrons. The number of ether oxygens (including phenoxy) is 2. The van der Waals surface area contributed by atoms with E-state index in [0.717, 1.165) is 5.52 Å². The highest BCUT2D eigenvalue weighted by Gasteiger charge is 2.33. The second kappa shape index (κ2) is 12.0. The van der Waals surface area contributed by atoms with Gasteiger partial charge in [-0.05, 0) is 37.3 Å². The summed E-state index contributed by atoms with van der Waals surface area (Å²) in [6.07, 6.45) is 1.54. The quantitative estimate of drug-likeness (QED) is 0.324. The van der Waals surface area contributed by atoms with Crippen molar-refractivity contribution in [1.82, 2.24) is 25.2 Å². The summed E-state index contributed by atoms with van der Waals surface area (Å²) in [5.74, 6) is 0.447. The Bertz CT molecular complexity index is 1290. The van der Waals surface area contributed by atoms with Crippen molar-refractivity contribution < 1.29 is 23.5 Å². The van der Waals surface area contributed by atoms with E-state index in [0.29, 0.717) is 29.2 Å². The second-order valence-electron chi connectivity index (χ2n) is 7.99. The lowest BCUT2D eigenvalue weighted by molar-refractivity contribution is -0.142. The molecule has 4 aromatic rings. The first-order valence-corrected chi connectivity index (χ1v) is 11.7. The monoisotopic (exact) mass is 491 g/mol. The molecule has 1 N–H and O–H groups in total. The lowest BCUT2D eigenvalue weighted by Gasteiger charge is -2.32. The van der Waals surface area contributed by atoms with Gasteiger partial charge in [-0.3, -0.25) is 9.59 Å². The fourth-order valence-corrected chi connectivity index (χ4v) is 3.97. The number of methoxy groups -OCH3 is 1. The summed E-state index contributed by atoms with van der Waals surface area (Å²) < 4.78 is 18.0. The minimum absolute atomic E-state index is 0.0943.